The lowest BCUT2D eigenvalue weighted by molar-refractivity contribution is -0.138. The van der Waals surface area contributed by atoms with E-state index in [0.717, 1.165) is 22.4 Å². The molecule has 108 valence electrons. The molecular formula is C17H17NO3. The summed E-state index contributed by atoms with van der Waals surface area (Å²) in [5.41, 5.74) is 2.90. The van der Waals surface area contributed by atoms with Crippen LogP contribution >= 0.6 is 0 Å². The van der Waals surface area contributed by atoms with Gasteiger partial charge in [0, 0.05) is 12.1 Å². The van der Waals surface area contributed by atoms with Crippen molar-refractivity contribution in [1.82, 2.24) is 5.32 Å². The Morgan fingerprint density at radius 3 is 2.38 bits per heavy atom. The number of nitrogens with one attached hydrogen (secondary N) is 1. The highest BCUT2D eigenvalue weighted by Gasteiger charge is 2.32. The van der Waals surface area contributed by atoms with Crippen molar-refractivity contribution in [2.24, 2.45) is 0 Å². The van der Waals surface area contributed by atoms with Crippen molar-refractivity contribution in [3.05, 3.63) is 65.2 Å². The van der Waals surface area contributed by atoms with Crippen LogP contribution in [0.15, 0.2) is 48.5 Å². The molecule has 0 saturated carbocycles. The van der Waals surface area contributed by atoms with Crippen LogP contribution in [-0.4, -0.2) is 24.7 Å². The molecule has 0 bridgehead atoms. The summed E-state index contributed by atoms with van der Waals surface area (Å²) in [7, 11) is 1.65. The third-order valence-electron chi connectivity index (χ3n) is 3.96. The maximum absolute atomic E-state index is 11.4. The molecule has 3 rings (SSSR count). The Hall–Kier alpha value is -2.33. The third-order valence-corrected chi connectivity index (χ3v) is 3.96. The van der Waals surface area contributed by atoms with Crippen LogP contribution in [0.5, 0.6) is 5.75 Å². The number of carboxylic acid groups (broad SMARTS) is 1. The van der Waals surface area contributed by atoms with Gasteiger partial charge < -0.3 is 15.2 Å². The van der Waals surface area contributed by atoms with Gasteiger partial charge in [-0.2, -0.15) is 0 Å². The van der Waals surface area contributed by atoms with Gasteiger partial charge in [-0.25, -0.2) is 0 Å². The second kappa shape index (κ2) is 5.58. The van der Waals surface area contributed by atoms with E-state index >= 15 is 0 Å². The highest BCUT2D eigenvalue weighted by molar-refractivity contribution is 5.78. The van der Waals surface area contributed by atoms with Crippen LogP contribution in [0.3, 0.4) is 0 Å². The summed E-state index contributed by atoms with van der Waals surface area (Å²) < 4.78 is 5.43. The maximum atomic E-state index is 11.4. The highest BCUT2D eigenvalue weighted by Crippen LogP contribution is 2.37. The molecule has 2 aromatic rings. The van der Waals surface area contributed by atoms with Crippen molar-refractivity contribution < 1.29 is 14.6 Å². The van der Waals surface area contributed by atoms with Gasteiger partial charge in [0.1, 0.15) is 5.75 Å². The van der Waals surface area contributed by atoms with Gasteiger partial charge in [0.05, 0.1) is 19.1 Å². The zero-order chi connectivity index (χ0) is 14.8. The first kappa shape index (κ1) is 13.6. The molecule has 0 aromatic heterocycles. The van der Waals surface area contributed by atoms with Gasteiger partial charge in [0.15, 0.2) is 0 Å². The molecule has 1 heterocycles. The van der Waals surface area contributed by atoms with Crippen LogP contribution < -0.4 is 10.1 Å². The molecule has 0 spiro atoms. The van der Waals surface area contributed by atoms with Crippen molar-refractivity contribution in [3.63, 3.8) is 0 Å². The molecule has 2 unspecified atom stereocenters. The van der Waals surface area contributed by atoms with Gasteiger partial charge in [-0.05, 0) is 17.2 Å². The quantitative estimate of drug-likeness (QED) is 0.909. The summed E-state index contributed by atoms with van der Waals surface area (Å²) in [6, 6.07) is 15.5. The summed E-state index contributed by atoms with van der Waals surface area (Å²) in [6.45, 7) is 0.412. The minimum absolute atomic E-state index is 0.0482. The summed E-state index contributed by atoms with van der Waals surface area (Å²) >= 11 is 0. The molecule has 0 amide bonds. The zero-order valence-electron chi connectivity index (χ0n) is 11.7. The molecule has 4 nitrogen and oxygen atoms in total. The number of carbonyl (C=O) groups is 1. The minimum atomic E-state index is -0.798. The Labute approximate surface area is 123 Å². The molecule has 2 N–H and O–H groups in total. The van der Waals surface area contributed by atoms with Crippen molar-refractivity contribution in [3.8, 4) is 5.75 Å². The van der Waals surface area contributed by atoms with Crippen molar-refractivity contribution in [2.45, 2.75) is 12.0 Å². The molecular weight excluding hydrogens is 266 g/mol. The molecule has 2 atom stereocenters. The van der Waals surface area contributed by atoms with Crippen molar-refractivity contribution >= 4 is 5.97 Å². The molecule has 0 radical (unpaired) electrons. The smallest absolute Gasteiger partial charge is 0.312 e. The number of para-hydroxylation sites is 1. The Kier molecular flexibility index (Phi) is 3.62. The first-order valence-electron chi connectivity index (χ1n) is 6.90. The normalized spacial score (nSPS) is 20.6. The Bertz CT molecular complexity index is 669. The molecule has 4 heteroatoms. The Morgan fingerprint density at radius 2 is 1.71 bits per heavy atom. The summed E-state index contributed by atoms with van der Waals surface area (Å²) in [4.78, 5) is 11.4. The molecule has 21 heavy (non-hydrogen) atoms. The molecule has 1 aliphatic rings. The predicted molar refractivity (Wildman–Crippen MR) is 79.7 cm³/mol. The first-order chi connectivity index (χ1) is 10.2. The molecule has 0 aliphatic carbocycles. The monoisotopic (exact) mass is 283 g/mol. The van der Waals surface area contributed by atoms with Crippen LogP contribution in [0, 0.1) is 0 Å². The van der Waals surface area contributed by atoms with Crippen molar-refractivity contribution in [2.75, 3.05) is 13.7 Å². The lowest BCUT2D eigenvalue weighted by Gasteiger charge is -2.31. The van der Waals surface area contributed by atoms with Gasteiger partial charge in [-0.15, -0.1) is 0 Å². The number of aliphatic carboxylic acids is 1. The molecule has 0 fully saturated rings. The molecule has 0 saturated heterocycles. The maximum Gasteiger partial charge on any atom is 0.312 e. The number of benzene rings is 2. The van der Waals surface area contributed by atoms with Crippen LogP contribution in [-0.2, 0) is 4.79 Å². The van der Waals surface area contributed by atoms with E-state index in [1.807, 2.05) is 48.5 Å². The van der Waals surface area contributed by atoms with Crippen LogP contribution in [0.4, 0.5) is 0 Å². The van der Waals surface area contributed by atoms with Crippen LogP contribution in [0.1, 0.15) is 28.7 Å². The van der Waals surface area contributed by atoms with E-state index in [4.69, 9.17) is 4.74 Å². The van der Waals surface area contributed by atoms with E-state index in [-0.39, 0.29) is 6.04 Å². The van der Waals surface area contributed by atoms with Gasteiger partial charge in [0.2, 0.25) is 0 Å². The highest BCUT2D eigenvalue weighted by atomic mass is 16.5. The minimum Gasteiger partial charge on any atom is -0.496 e. The van der Waals surface area contributed by atoms with Crippen LogP contribution in [0.25, 0.3) is 0 Å². The SMILES string of the molecule is COc1ccccc1C1NCC(C(=O)O)c2ccccc21. The summed E-state index contributed by atoms with van der Waals surface area (Å²) in [5, 5.41) is 12.7. The number of hydrogen-bond donors (Lipinski definition) is 2. The van der Waals surface area contributed by atoms with E-state index in [9.17, 15) is 9.90 Å². The fourth-order valence-corrected chi connectivity index (χ4v) is 2.95. The van der Waals surface area contributed by atoms with Crippen molar-refractivity contribution in [1.29, 1.82) is 0 Å². The van der Waals surface area contributed by atoms with Gasteiger partial charge in [-0.1, -0.05) is 42.5 Å². The van der Waals surface area contributed by atoms with E-state index in [2.05, 4.69) is 5.32 Å². The standard InChI is InChI=1S/C17H17NO3/c1-21-15-9-5-4-8-13(15)16-12-7-3-2-6-11(12)14(10-18-16)17(19)20/h2-9,14,16,18H,10H2,1H3,(H,19,20). The number of ether oxygens (including phenoxy) is 1. The predicted octanol–water partition coefficient (Wildman–Crippen LogP) is 2.56. The van der Waals surface area contributed by atoms with E-state index in [0.29, 0.717) is 6.54 Å². The number of carboxylic acids is 1. The van der Waals surface area contributed by atoms with Gasteiger partial charge in [0.25, 0.3) is 0 Å². The number of methoxy groups -OCH3 is 1. The average molecular weight is 283 g/mol. The second-order valence-corrected chi connectivity index (χ2v) is 5.10. The Morgan fingerprint density at radius 1 is 1.10 bits per heavy atom. The second-order valence-electron chi connectivity index (χ2n) is 5.10. The molecule has 2 aromatic carbocycles. The van der Waals surface area contributed by atoms with Gasteiger partial charge >= 0.3 is 5.97 Å². The number of fused-ring (bicyclic) bond motifs is 1. The fourth-order valence-electron chi connectivity index (χ4n) is 2.95. The Balaban J connectivity index is 2.09. The average Bonchev–Trinajstić information content (AvgIpc) is 2.53. The fraction of sp³-hybridized carbons (Fsp3) is 0.235. The summed E-state index contributed by atoms with van der Waals surface area (Å²) in [6.07, 6.45) is 0. The van der Waals surface area contributed by atoms with E-state index in [1.165, 1.54) is 0 Å². The van der Waals surface area contributed by atoms with Gasteiger partial charge in [-0.3, -0.25) is 4.79 Å². The number of rotatable bonds is 3. The van der Waals surface area contributed by atoms with Crippen LogP contribution in [0.2, 0.25) is 0 Å². The first-order valence-corrected chi connectivity index (χ1v) is 6.90. The largest absolute Gasteiger partial charge is 0.496 e. The summed E-state index contributed by atoms with van der Waals surface area (Å²) in [5.74, 6) is -0.501. The topological polar surface area (TPSA) is 58.6 Å². The van der Waals surface area contributed by atoms with E-state index < -0.39 is 11.9 Å². The number of hydrogen-bond acceptors (Lipinski definition) is 3. The van der Waals surface area contributed by atoms with E-state index in [1.54, 1.807) is 7.11 Å². The lowest BCUT2D eigenvalue weighted by atomic mass is 9.84. The third kappa shape index (κ3) is 2.38. The zero-order valence-corrected chi connectivity index (χ0v) is 11.7. The lowest BCUT2D eigenvalue weighted by Crippen LogP contribution is -2.37. The molecule has 1 aliphatic heterocycles.